The minimum absolute atomic E-state index is 0.0745. The van der Waals surface area contributed by atoms with Gasteiger partial charge in [0.05, 0.1) is 52.4 Å². The molecule has 0 spiro atoms. The van der Waals surface area contributed by atoms with Crippen LogP contribution in [-0.2, 0) is 10.4 Å². The summed E-state index contributed by atoms with van der Waals surface area (Å²) in [7, 11) is -5.17. The van der Waals surface area contributed by atoms with E-state index in [9.17, 15) is 0 Å². The Kier molecular flexibility index (Phi) is 38.5. The number of aliphatic hydroxyl groups excluding tert-OH is 1. The number of hydrogen-bond acceptors (Lipinski definition) is 5. The zero-order chi connectivity index (χ0) is 37.7. The van der Waals surface area contributed by atoms with Gasteiger partial charge < -0.3 is 23.2 Å². The molecular formula is C41H80N2O5S. The van der Waals surface area contributed by atoms with Crippen molar-refractivity contribution in [3.8, 4) is 11.8 Å². The fourth-order valence-electron chi connectivity index (χ4n) is 5.95. The zero-order valence-corrected chi connectivity index (χ0v) is 34.3. The molecule has 0 aliphatic heterocycles. The maximum absolute atomic E-state index is 8.52. The molecule has 1 aromatic rings. The molecule has 1 rings (SSSR count). The second-order valence-corrected chi connectivity index (χ2v) is 14.4. The van der Waals surface area contributed by atoms with Gasteiger partial charge in [0.25, 0.3) is 0 Å². The monoisotopic (exact) mass is 713 g/mol. The smallest absolute Gasteiger partial charge is 0.104 e. The molecule has 0 amide bonds. The van der Waals surface area contributed by atoms with Crippen LogP contribution in [0.2, 0.25) is 0 Å². The van der Waals surface area contributed by atoms with Crippen LogP contribution in [0.4, 0.5) is 0 Å². The molecule has 0 aliphatic rings. The molecule has 0 radical (unpaired) electrons. The summed E-state index contributed by atoms with van der Waals surface area (Å²) in [4.78, 5) is 0. The molecule has 0 atom stereocenters. The molecule has 49 heavy (non-hydrogen) atoms. The predicted octanol–water partition coefficient (Wildman–Crippen LogP) is 9.70. The Bertz CT molecular complexity index is 858. The van der Waals surface area contributed by atoms with Gasteiger partial charge in [0.1, 0.15) is 6.61 Å². The van der Waals surface area contributed by atoms with Crippen molar-refractivity contribution in [1.82, 2.24) is 0 Å². The first-order valence-corrected chi connectivity index (χ1v) is 21.3. The summed E-state index contributed by atoms with van der Waals surface area (Å²) >= 11 is 0. The number of aliphatic hydroxyl groups is 1. The van der Waals surface area contributed by atoms with Crippen LogP contribution in [-0.4, -0.2) is 90.6 Å². The summed E-state index contributed by atoms with van der Waals surface area (Å²) < 4.78 is 36.9. The minimum Gasteiger partial charge on any atom is -0.759 e. The van der Waals surface area contributed by atoms with Gasteiger partial charge in [-0.25, -0.2) is 0 Å². The molecule has 0 aliphatic carbocycles. The van der Waals surface area contributed by atoms with Crippen molar-refractivity contribution < 1.29 is 31.6 Å². The van der Waals surface area contributed by atoms with Crippen LogP contribution in [0.1, 0.15) is 164 Å². The lowest BCUT2D eigenvalue weighted by molar-refractivity contribution is -0.929. The average Bonchev–Trinajstić information content (AvgIpc) is 3.10. The second-order valence-electron chi connectivity index (χ2n) is 13.5. The van der Waals surface area contributed by atoms with Gasteiger partial charge in [0.15, 0.2) is 0 Å². The van der Waals surface area contributed by atoms with Gasteiger partial charge >= 0.3 is 0 Å². The largest absolute Gasteiger partial charge is 0.759 e. The van der Waals surface area contributed by atoms with Crippen molar-refractivity contribution in [3.63, 3.8) is 0 Å². The van der Waals surface area contributed by atoms with Crippen molar-refractivity contribution in [1.29, 1.82) is 0 Å². The van der Waals surface area contributed by atoms with Crippen molar-refractivity contribution >= 4 is 10.4 Å². The fraction of sp³-hybridized carbons (Fsp3) is 0.805. The van der Waals surface area contributed by atoms with Crippen LogP contribution in [0.5, 0.6) is 0 Å². The van der Waals surface area contributed by atoms with Crippen LogP contribution >= 0.6 is 0 Å². The van der Waals surface area contributed by atoms with Gasteiger partial charge in [-0.2, -0.15) is 0 Å². The maximum atomic E-state index is 8.52. The lowest BCUT2D eigenvalue weighted by Crippen LogP contribution is -2.50. The van der Waals surface area contributed by atoms with E-state index in [0.29, 0.717) is 0 Å². The van der Waals surface area contributed by atoms with Gasteiger partial charge in [-0.1, -0.05) is 137 Å². The first-order chi connectivity index (χ1) is 23.4. The third kappa shape index (κ3) is 36.1. The number of benzene rings is 1. The maximum Gasteiger partial charge on any atom is 0.104 e. The number of rotatable bonds is 24. The normalized spacial score (nSPS) is 11.2. The van der Waals surface area contributed by atoms with E-state index in [2.05, 4.69) is 67.2 Å². The molecule has 290 valence electrons. The third-order valence-electron chi connectivity index (χ3n) is 8.97. The highest BCUT2D eigenvalue weighted by atomic mass is 32.3. The van der Waals surface area contributed by atoms with E-state index in [1.54, 1.807) is 0 Å². The molecule has 0 aromatic heterocycles. The van der Waals surface area contributed by atoms with Crippen molar-refractivity contribution in [2.24, 2.45) is 0 Å². The molecule has 0 saturated carbocycles. The summed E-state index contributed by atoms with van der Waals surface area (Å²) in [5.74, 6) is 5.36. The highest BCUT2D eigenvalue weighted by Crippen LogP contribution is 2.17. The van der Waals surface area contributed by atoms with E-state index in [1.807, 2.05) is 30.3 Å². The van der Waals surface area contributed by atoms with Crippen molar-refractivity contribution in [2.75, 3.05) is 59.0 Å². The summed E-state index contributed by atoms with van der Waals surface area (Å²) in [5.41, 5.74) is 0.941. The Morgan fingerprint density at radius 2 is 0.735 bits per heavy atom. The average molecular weight is 713 g/mol. The van der Waals surface area contributed by atoms with Gasteiger partial charge in [-0.15, -0.1) is 0 Å². The molecule has 0 bridgehead atoms. The number of unbranched alkanes of at least 4 members (excludes halogenated alkanes) is 8. The molecule has 0 saturated heterocycles. The topological polar surface area (TPSA) is 100 Å². The Morgan fingerprint density at radius 1 is 0.510 bits per heavy atom. The molecule has 1 aromatic carbocycles. The molecule has 0 fully saturated rings. The quantitative estimate of drug-likeness (QED) is 0.0498. The predicted molar refractivity (Wildman–Crippen MR) is 210 cm³/mol. The molecule has 7 nitrogen and oxygen atoms in total. The van der Waals surface area contributed by atoms with E-state index in [-0.39, 0.29) is 6.61 Å². The van der Waals surface area contributed by atoms with E-state index in [1.165, 1.54) is 164 Å². The highest BCUT2D eigenvalue weighted by Gasteiger charge is 2.25. The number of nitrogens with zero attached hydrogens (tertiary/aromatic N) is 2. The van der Waals surface area contributed by atoms with Gasteiger partial charge in [-0.3, -0.25) is 8.42 Å². The Balaban J connectivity index is -0.000000620. The first-order valence-electron chi connectivity index (χ1n) is 19.9. The van der Waals surface area contributed by atoms with Crippen LogP contribution in [0, 0.1) is 11.8 Å². The van der Waals surface area contributed by atoms with E-state index in [0.717, 1.165) is 5.56 Å². The van der Waals surface area contributed by atoms with Gasteiger partial charge in [0.2, 0.25) is 0 Å². The third-order valence-corrected chi connectivity index (χ3v) is 8.97. The van der Waals surface area contributed by atoms with Gasteiger partial charge in [0, 0.05) is 16.0 Å². The zero-order valence-electron chi connectivity index (χ0n) is 33.4. The van der Waals surface area contributed by atoms with E-state index < -0.39 is 10.4 Å². The fourth-order valence-corrected chi connectivity index (χ4v) is 5.95. The van der Waals surface area contributed by atoms with Crippen LogP contribution in [0.15, 0.2) is 30.3 Å². The SMILES string of the molecule is CCCC[N+](CCCC)(CCCC)CCCC.CCCC[N+](CCCC)(CCCC)CCCC.O=S(=O)([O-])[O-].OCC#Cc1ccccc1. The lowest BCUT2D eigenvalue weighted by Gasteiger charge is -2.39. The summed E-state index contributed by atoms with van der Waals surface area (Å²) in [6.07, 6.45) is 22.1. The van der Waals surface area contributed by atoms with E-state index >= 15 is 0 Å². The van der Waals surface area contributed by atoms with Crippen molar-refractivity contribution in [2.45, 2.75) is 158 Å². The molecule has 0 unspecified atom stereocenters. The number of hydrogen-bond donors (Lipinski definition) is 1. The van der Waals surface area contributed by atoms with Crippen LogP contribution in [0.3, 0.4) is 0 Å². The Morgan fingerprint density at radius 3 is 0.918 bits per heavy atom. The van der Waals surface area contributed by atoms with Crippen LogP contribution in [0.25, 0.3) is 0 Å². The number of quaternary nitrogens is 2. The second kappa shape index (κ2) is 36.3. The molecule has 8 heteroatoms. The van der Waals surface area contributed by atoms with Gasteiger partial charge in [-0.05, 0) is 63.5 Å². The molecule has 1 N–H and O–H groups in total. The Labute approximate surface area is 306 Å². The summed E-state index contributed by atoms with van der Waals surface area (Å²) in [6.45, 7) is 30.0. The Hall–Kier alpha value is -1.47. The molecule has 0 heterocycles. The molecular weight excluding hydrogens is 633 g/mol. The highest BCUT2D eigenvalue weighted by molar-refractivity contribution is 7.79. The van der Waals surface area contributed by atoms with Crippen LogP contribution < -0.4 is 0 Å². The first kappa shape index (κ1) is 51.9. The minimum atomic E-state index is -5.17. The standard InChI is InChI=1S/2C16H36N.C9H8O.H2O4S/c2*1-5-9-13-17(14-10-6-2,15-11-7-3)16-12-8-4;10-8-4-7-9-5-2-1-3-6-9;1-5(2,3)4/h2*5-16H2,1-4H3;1-3,5-6,10H,8H2;(H2,1,2,3,4)/q2*+1;;/p-2. The van der Waals surface area contributed by atoms with E-state index in [4.69, 9.17) is 22.6 Å². The lowest BCUT2D eigenvalue weighted by atomic mass is 10.1. The summed E-state index contributed by atoms with van der Waals surface area (Å²) in [5, 5.41) is 8.35. The van der Waals surface area contributed by atoms with Crippen molar-refractivity contribution in [3.05, 3.63) is 35.9 Å². The summed E-state index contributed by atoms with van der Waals surface area (Å²) in [6, 6.07) is 9.58.